The van der Waals surface area contributed by atoms with Crippen molar-refractivity contribution in [2.24, 2.45) is 0 Å². The summed E-state index contributed by atoms with van der Waals surface area (Å²) in [5.74, 6) is 1.67. The third-order valence-electron chi connectivity index (χ3n) is 5.87. The summed E-state index contributed by atoms with van der Waals surface area (Å²) < 4.78 is 20.3. The van der Waals surface area contributed by atoms with Crippen LogP contribution in [0.15, 0.2) is 97.1 Å². The first-order valence-electron chi connectivity index (χ1n) is 17.1. The van der Waals surface area contributed by atoms with Gasteiger partial charge in [-0.2, -0.15) is 0 Å². The monoisotopic (exact) mass is 674 g/mol. The third kappa shape index (κ3) is 20.8. The molecule has 0 aliphatic heterocycles. The van der Waals surface area contributed by atoms with Crippen LogP contribution in [0.1, 0.15) is 97.9 Å². The van der Waals surface area contributed by atoms with Crippen molar-refractivity contribution in [3.05, 3.63) is 119 Å². The molecular weight excluding hydrogens is 616 g/mol. The molecule has 0 aromatic heterocycles. The first-order chi connectivity index (χ1) is 23.7. The Balaban J connectivity index is 0. The van der Waals surface area contributed by atoms with Crippen LogP contribution in [0.2, 0.25) is 0 Å². The maximum Gasteiger partial charge on any atom is 0.318 e. The highest BCUT2D eigenvalue weighted by atomic mass is 16.5. The molecule has 0 aliphatic carbocycles. The van der Waals surface area contributed by atoms with Crippen molar-refractivity contribution in [1.82, 2.24) is 0 Å². The number of benzene rings is 4. The fraction of sp³-hybridized carbons (Fsp3) is 0.357. The SMILES string of the molecule is CC.CC.CC.CC.COc1ccc(Cc2ccc(OC(=O)CC(C)=O)cc2)cc1.COc1ccc(Cc2ccc(OC(C)=O)cc2)cc1. The molecule has 0 bridgehead atoms. The lowest BCUT2D eigenvalue weighted by Crippen LogP contribution is -2.11. The van der Waals surface area contributed by atoms with Gasteiger partial charge in [0.05, 0.1) is 14.2 Å². The van der Waals surface area contributed by atoms with Crippen LogP contribution in [0.4, 0.5) is 0 Å². The Morgan fingerprint density at radius 2 is 0.694 bits per heavy atom. The first-order valence-corrected chi connectivity index (χ1v) is 17.1. The molecular formula is C42H58O7. The zero-order chi connectivity index (χ0) is 37.6. The molecule has 7 nitrogen and oxygen atoms in total. The quantitative estimate of drug-likeness (QED) is 0.0939. The highest BCUT2D eigenvalue weighted by Crippen LogP contribution is 2.19. The molecule has 0 radical (unpaired) electrons. The Labute approximate surface area is 295 Å². The van der Waals surface area contributed by atoms with E-state index in [1.54, 1.807) is 38.5 Å². The lowest BCUT2D eigenvalue weighted by Gasteiger charge is -2.06. The van der Waals surface area contributed by atoms with Crippen LogP contribution in [-0.2, 0) is 27.2 Å². The molecule has 4 rings (SSSR count). The summed E-state index contributed by atoms with van der Waals surface area (Å²) in [5, 5.41) is 0. The van der Waals surface area contributed by atoms with Crippen molar-refractivity contribution < 1.29 is 33.3 Å². The van der Waals surface area contributed by atoms with Gasteiger partial charge in [-0.25, -0.2) is 0 Å². The number of rotatable bonds is 10. The minimum atomic E-state index is -0.532. The molecule has 0 saturated carbocycles. The summed E-state index contributed by atoms with van der Waals surface area (Å²) in [6, 6.07) is 30.7. The van der Waals surface area contributed by atoms with E-state index in [-0.39, 0.29) is 18.2 Å². The molecule has 0 atom stereocenters. The number of methoxy groups -OCH3 is 2. The van der Waals surface area contributed by atoms with Crippen molar-refractivity contribution >= 4 is 17.7 Å². The number of carbonyl (C=O) groups excluding carboxylic acids is 3. The number of esters is 2. The number of ether oxygens (including phenoxy) is 4. The van der Waals surface area contributed by atoms with E-state index in [1.165, 1.54) is 30.5 Å². The van der Waals surface area contributed by atoms with Crippen LogP contribution in [0.3, 0.4) is 0 Å². The lowest BCUT2D eigenvalue weighted by atomic mass is 10.0. The van der Waals surface area contributed by atoms with E-state index < -0.39 is 5.97 Å². The van der Waals surface area contributed by atoms with Crippen molar-refractivity contribution in [3.8, 4) is 23.0 Å². The molecule has 4 aromatic carbocycles. The van der Waals surface area contributed by atoms with Crippen LogP contribution in [0.25, 0.3) is 0 Å². The molecule has 0 unspecified atom stereocenters. The second-order valence-corrected chi connectivity index (χ2v) is 9.28. The summed E-state index contributed by atoms with van der Waals surface area (Å²) in [5.41, 5.74) is 4.65. The highest BCUT2D eigenvalue weighted by Gasteiger charge is 2.08. The standard InChI is InChI=1S/C18H18O4.C16H16O3.4C2H6/c1-13(19)11-18(20)22-17-9-5-15(6-10-17)12-14-3-7-16(21-2)8-4-14;1-12(17)19-16-9-5-14(6-10-16)11-13-3-7-15(18-2)8-4-13;4*1-2/h3-10H,11-12H2,1-2H3;3-10H,11H2,1-2H3;4*1-2H3. The Morgan fingerprint density at radius 1 is 0.429 bits per heavy atom. The largest absolute Gasteiger partial charge is 0.497 e. The average molecular weight is 675 g/mol. The van der Waals surface area contributed by atoms with Gasteiger partial charge in [0.25, 0.3) is 0 Å². The Hall–Kier alpha value is -4.91. The van der Waals surface area contributed by atoms with E-state index in [0.29, 0.717) is 11.5 Å². The summed E-state index contributed by atoms with van der Waals surface area (Å²) in [4.78, 5) is 33.1. The number of Topliss-reactive ketones (excluding diaryl/α,β-unsaturated/α-hetero) is 1. The van der Waals surface area contributed by atoms with E-state index >= 15 is 0 Å². The van der Waals surface area contributed by atoms with Gasteiger partial charge in [0, 0.05) is 6.92 Å². The highest BCUT2D eigenvalue weighted by molar-refractivity contribution is 5.94. The molecule has 0 N–H and O–H groups in total. The molecule has 0 heterocycles. The van der Waals surface area contributed by atoms with E-state index in [2.05, 4.69) is 0 Å². The smallest absolute Gasteiger partial charge is 0.318 e. The van der Waals surface area contributed by atoms with E-state index in [4.69, 9.17) is 18.9 Å². The van der Waals surface area contributed by atoms with Crippen molar-refractivity contribution in [3.63, 3.8) is 0 Å². The third-order valence-corrected chi connectivity index (χ3v) is 5.87. The van der Waals surface area contributed by atoms with Gasteiger partial charge in [-0.05, 0) is 90.6 Å². The van der Waals surface area contributed by atoms with Gasteiger partial charge in [-0.3, -0.25) is 14.4 Å². The second kappa shape index (κ2) is 29.2. The number of hydrogen-bond acceptors (Lipinski definition) is 7. The molecule has 0 spiro atoms. The van der Waals surface area contributed by atoms with Gasteiger partial charge in [0.15, 0.2) is 0 Å². The number of ketones is 1. The molecule has 0 fully saturated rings. The van der Waals surface area contributed by atoms with Gasteiger partial charge in [-0.15, -0.1) is 0 Å². The lowest BCUT2D eigenvalue weighted by molar-refractivity contribution is -0.137. The van der Waals surface area contributed by atoms with Crippen molar-refractivity contribution in [2.45, 2.75) is 88.5 Å². The minimum Gasteiger partial charge on any atom is -0.497 e. The maximum absolute atomic E-state index is 11.4. The molecule has 0 aliphatic rings. The van der Waals surface area contributed by atoms with Gasteiger partial charge in [0.2, 0.25) is 0 Å². The topological polar surface area (TPSA) is 88.1 Å². The molecule has 0 amide bonds. The molecule has 4 aromatic rings. The minimum absolute atomic E-state index is 0.201. The van der Waals surface area contributed by atoms with Crippen LogP contribution in [0.5, 0.6) is 23.0 Å². The Bertz CT molecular complexity index is 1410. The van der Waals surface area contributed by atoms with Gasteiger partial charge >= 0.3 is 11.9 Å². The fourth-order valence-corrected chi connectivity index (χ4v) is 3.85. The normalized spacial score (nSPS) is 8.90. The van der Waals surface area contributed by atoms with Gasteiger partial charge in [0.1, 0.15) is 35.2 Å². The van der Waals surface area contributed by atoms with E-state index in [1.807, 2.05) is 128 Å². The number of carbonyl (C=O) groups is 3. The fourth-order valence-electron chi connectivity index (χ4n) is 3.85. The van der Waals surface area contributed by atoms with E-state index in [9.17, 15) is 14.4 Å². The second-order valence-electron chi connectivity index (χ2n) is 9.28. The molecule has 0 saturated heterocycles. The van der Waals surface area contributed by atoms with Crippen molar-refractivity contribution in [1.29, 1.82) is 0 Å². The van der Waals surface area contributed by atoms with Crippen LogP contribution >= 0.6 is 0 Å². The van der Waals surface area contributed by atoms with Crippen LogP contribution in [-0.4, -0.2) is 31.9 Å². The first kappa shape index (κ1) is 46.2. The molecule has 49 heavy (non-hydrogen) atoms. The van der Waals surface area contributed by atoms with Crippen molar-refractivity contribution in [2.75, 3.05) is 14.2 Å². The zero-order valence-corrected chi connectivity index (χ0v) is 31.7. The van der Waals surface area contributed by atoms with Crippen LogP contribution in [0, 0.1) is 0 Å². The summed E-state index contributed by atoms with van der Waals surface area (Å²) >= 11 is 0. The number of hydrogen-bond donors (Lipinski definition) is 0. The Kier molecular flexibility index (Phi) is 27.6. The zero-order valence-electron chi connectivity index (χ0n) is 31.7. The Morgan fingerprint density at radius 3 is 0.939 bits per heavy atom. The maximum atomic E-state index is 11.4. The molecule has 268 valence electrons. The summed E-state index contributed by atoms with van der Waals surface area (Å²) in [6.45, 7) is 18.8. The van der Waals surface area contributed by atoms with E-state index in [0.717, 1.165) is 29.9 Å². The molecule has 7 heteroatoms. The van der Waals surface area contributed by atoms with Gasteiger partial charge in [-0.1, -0.05) is 104 Å². The summed E-state index contributed by atoms with van der Waals surface area (Å²) in [7, 11) is 3.30. The predicted octanol–water partition coefficient (Wildman–Crippen LogP) is 10.5. The predicted molar refractivity (Wildman–Crippen MR) is 202 cm³/mol. The van der Waals surface area contributed by atoms with Crippen LogP contribution < -0.4 is 18.9 Å². The summed E-state index contributed by atoms with van der Waals surface area (Å²) in [6.07, 6.45) is 1.42. The van der Waals surface area contributed by atoms with Gasteiger partial charge < -0.3 is 18.9 Å². The average Bonchev–Trinajstić information content (AvgIpc) is 3.14.